The summed E-state index contributed by atoms with van der Waals surface area (Å²) in [5.74, 6) is -0.118. The van der Waals surface area contributed by atoms with Crippen molar-refractivity contribution < 1.29 is 19.4 Å². The van der Waals surface area contributed by atoms with Gasteiger partial charge < -0.3 is 25.0 Å². The Hall–Kier alpha value is -4.64. The molecule has 0 atom stereocenters. The number of nitrogens with zero attached hydrogens (tertiary/aromatic N) is 4. The average Bonchev–Trinajstić information content (AvgIpc) is 3.61. The fraction of sp³-hybridized carbons (Fsp3) is 0.395. The second-order valence-electron chi connectivity index (χ2n) is 12.2. The van der Waals surface area contributed by atoms with Gasteiger partial charge >= 0.3 is 0 Å². The first-order valence-corrected chi connectivity index (χ1v) is 18.2. The molecule has 2 heterocycles. The van der Waals surface area contributed by atoms with Gasteiger partial charge in [0.1, 0.15) is 28.4 Å². The molecule has 3 aromatic carbocycles. The van der Waals surface area contributed by atoms with E-state index in [4.69, 9.17) is 4.74 Å². The first-order chi connectivity index (χ1) is 24.0. The standard InChI is InChI=1S/C38H46N6O4S/c1-3-4-5-6-7-8-9-10-11-12-13-16-24-44(38(47)49-37-33-35(40-25-39-33)41-26-42-37)31-20-17-18-28-27(31)22-23-29(34(28)45)36(46)43-30-19-14-15-21-32(30)48-2/h14-15,17-23,25-26,45H,3-13,16,24H2,1-2H3,(H,43,46)(H,39,40,41,42). The number of carbonyl (C=O) groups is 2. The summed E-state index contributed by atoms with van der Waals surface area (Å²) in [7, 11) is 1.53. The minimum absolute atomic E-state index is 0.117. The number of phenols is 1. The minimum atomic E-state index is -0.471. The molecule has 2 aromatic heterocycles. The fourth-order valence-corrected chi connectivity index (χ4v) is 6.88. The summed E-state index contributed by atoms with van der Waals surface area (Å²) in [6.07, 6.45) is 17.6. The van der Waals surface area contributed by atoms with E-state index in [9.17, 15) is 14.7 Å². The number of carbonyl (C=O) groups excluding carboxylic acids is 2. The van der Waals surface area contributed by atoms with Gasteiger partial charge in [-0.1, -0.05) is 108 Å². The number of hydrogen-bond acceptors (Lipinski definition) is 8. The van der Waals surface area contributed by atoms with E-state index in [1.165, 1.54) is 77.6 Å². The zero-order chi connectivity index (χ0) is 34.4. The number of anilines is 2. The number of methoxy groups -OCH3 is 1. The van der Waals surface area contributed by atoms with E-state index in [2.05, 4.69) is 32.2 Å². The minimum Gasteiger partial charge on any atom is -0.506 e. The molecule has 258 valence electrons. The van der Waals surface area contributed by atoms with E-state index in [1.54, 1.807) is 47.4 Å². The molecule has 0 fully saturated rings. The van der Waals surface area contributed by atoms with Crippen molar-refractivity contribution in [3.63, 3.8) is 0 Å². The van der Waals surface area contributed by atoms with Crippen LogP contribution in [-0.4, -0.2) is 49.8 Å². The van der Waals surface area contributed by atoms with Gasteiger partial charge in [0, 0.05) is 17.3 Å². The molecule has 0 aliphatic carbocycles. The van der Waals surface area contributed by atoms with Gasteiger partial charge in [0.15, 0.2) is 5.65 Å². The maximum atomic E-state index is 14.0. The predicted octanol–water partition coefficient (Wildman–Crippen LogP) is 9.89. The molecule has 2 amide bonds. The van der Waals surface area contributed by atoms with Crippen LogP contribution in [0, 0.1) is 0 Å². The van der Waals surface area contributed by atoms with Gasteiger partial charge in [0.2, 0.25) is 0 Å². The lowest BCUT2D eigenvalue weighted by molar-refractivity contribution is 0.102. The Morgan fingerprint density at radius 3 is 2.29 bits per heavy atom. The van der Waals surface area contributed by atoms with Gasteiger partial charge in [-0.2, -0.15) is 0 Å². The van der Waals surface area contributed by atoms with Crippen LogP contribution in [-0.2, 0) is 0 Å². The summed E-state index contributed by atoms with van der Waals surface area (Å²) < 4.78 is 5.36. The zero-order valence-electron chi connectivity index (χ0n) is 28.4. The number of aromatic hydroxyl groups is 1. The van der Waals surface area contributed by atoms with Gasteiger partial charge in [-0.3, -0.25) is 9.59 Å². The smallest absolute Gasteiger partial charge is 0.292 e. The highest BCUT2D eigenvalue weighted by Gasteiger charge is 2.23. The molecule has 0 radical (unpaired) electrons. The molecular formula is C38H46N6O4S. The number of unbranched alkanes of at least 4 members (excludes halogenated alkanes) is 11. The molecule has 0 saturated carbocycles. The highest BCUT2D eigenvalue weighted by atomic mass is 32.2. The number of nitrogens with one attached hydrogen (secondary N) is 2. The fourth-order valence-electron chi connectivity index (χ4n) is 6.06. The summed E-state index contributed by atoms with van der Waals surface area (Å²) in [5.41, 5.74) is 2.36. The van der Waals surface area contributed by atoms with Crippen LogP contribution in [0.1, 0.15) is 94.3 Å². The Labute approximate surface area is 292 Å². The van der Waals surface area contributed by atoms with Crippen molar-refractivity contribution in [1.29, 1.82) is 0 Å². The Morgan fingerprint density at radius 1 is 0.837 bits per heavy atom. The average molecular weight is 683 g/mol. The van der Waals surface area contributed by atoms with E-state index in [0.717, 1.165) is 31.0 Å². The van der Waals surface area contributed by atoms with Gasteiger partial charge in [0.25, 0.3) is 11.1 Å². The third kappa shape index (κ3) is 9.29. The topological polar surface area (TPSA) is 133 Å². The number of hydrogen-bond donors (Lipinski definition) is 3. The van der Waals surface area contributed by atoms with Crippen LogP contribution in [0.4, 0.5) is 16.2 Å². The summed E-state index contributed by atoms with van der Waals surface area (Å²) >= 11 is 1.02. The van der Waals surface area contributed by atoms with E-state index >= 15 is 0 Å². The van der Waals surface area contributed by atoms with E-state index in [0.29, 0.717) is 50.6 Å². The van der Waals surface area contributed by atoms with Gasteiger partial charge in [0.05, 0.1) is 30.4 Å². The lowest BCUT2D eigenvalue weighted by Gasteiger charge is -2.24. The van der Waals surface area contributed by atoms with Crippen LogP contribution in [0.5, 0.6) is 11.5 Å². The molecule has 5 aromatic rings. The molecule has 10 nitrogen and oxygen atoms in total. The quantitative estimate of drug-likeness (QED) is 0.0472. The van der Waals surface area contributed by atoms with Crippen molar-refractivity contribution in [2.75, 3.05) is 23.9 Å². The van der Waals surface area contributed by atoms with Crippen LogP contribution >= 0.6 is 11.8 Å². The molecule has 0 bridgehead atoms. The van der Waals surface area contributed by atoms with Crippen LogP contribution in [0.2, 0.25) is 0 Å². The van der Waals surface area contributed by atoms with Gasteiger partial charge in [-0.15, -0.1) is 0 Å². The number of phenolic OH excluding ortho intramolecular Hbond substituents is 1. The highest BCUT2D eigenvalue weighted by Crippen LogP contribution is 2.37. The van der Waals surface area contributed by atoms with Crippen molar-refractivity contribution in [2.45, 2.75) is 89.0 Å². The Morgan fingerprint density at radius 2 is 1.55 bits per heavy atom. The van der Waals surface area contributed by atoms with Gasteiger partial charge in [-0.25, -0.2) is 15.0 Å². The van der Waals surface area contributed by atoms with Crippen molar-refractivity contribution in [2.24, 2.45) is 0 Å². The van der Waals surface area contributed by atoms with Gasteiger partial charge in [-0.05, 0) is 42.4 Å². The van der Waals surface area contributed by atoms with Crippen LogP contribution in [0.25, 0.3) is 21.9 Å². The van der Waals surface area contributed by atoms with Crippen molar-refractivity contribution in [1.82, 2.24) is 19.9 Å². The monoisotopic (exact) mass is 682 g/mol. The Bertz CT molecular complexity index is 1840. The molecule has 0 saturated heterocycles. The number of H-pyrrole nitrogens is 1. The van der Waals surface area contributed by atoms with Crippen molar-refractivity contribution in [3.8, 4) is 11.5 Å². The number of rotatable bonds is 18. The number of para-hydroxylation sites is 2. The third-order valence-corrected chi connectivity index (χ3v) is 9.63. The van der Waals surface area contributed by atoms with Crippen molar-refractivity contribution in [3.05, 3.63) is 72.8 Å². The summed E-state index contributed by atoms with van der Waals surface area (Å²) in [4.78, 5) is 44.8. The lowest BCUT2D eigenvalue weighted by atomic mass is 10.0. The number of aromatic nitrogens is 4. The first-order valence-electron chi connectivity index (χ1n) is 17.3. The molecule has 11 heteroatoms. The maximum absolute atomic E-state index is 14.0. The maximum Gasteiger partial charge on any atom is 0.292 e. The number of ether oxygens (including phenoxy) is 1. The van der Waals surface area contributed by atoms with E-state index in [-0.39, 0.29) is 16.6 Å². The number of thioether (sulfide) groups is 1. The summed E-state index contributed by atoms with van der Waals surface area (Å²) in [5, 5.41) is 15.6. The molecule has 0 unspecified atom stereocenters. The molecule has 0 spiro atoms. The highest BCUT2D eigenvalue weighted by molar-refractivity contribution is 8.14. The normalized spacial score (nSPS) is 11.2. The zero-order valence-corrected chi connectivity index (χ0v) is 29.2. The third-order valence-electron chi connectivity index (χ3n) is 8.73. The lowest BCUT2D eigenvalue weighted by Crippen LogP contribution is -2.28. The number of amides is 2. The summed E-state index contributed by atoms with van der Waals surface area (Å²) in [6, 6.07) is 15.9. The number of fused-ring (bicyclic) bond motifs is 2. The molecule has 0 aliphatic rings. The largest absolute Gasteiger partial charge is 0.506 e. The number of imidazole rings is 1. The molecule has 3 N–H and O–H groups in total. The number of benzene rings is 3. The second kappa shape index (κ2) is 18.2. The van der Waals surface area contributed by atoms with Crippen LogP contribution in [0.3, 0.4) is 0 Å². The molecule has 5 rings (SSSR count). The second-order valence-corrected chi connectivity index (χ2v) is 13.1. The van der Waals surface area contributed by atoms with Crippen LogP contribution in [0.15, 0.2) is 72.3 Å². The molecule has 0 aliphatic heterocycles. The summed E-state index contributed by atoms with van der Waals surface area (Å²) in [6.45, 7) is 2.75. The predicted molar refractivity (Wildman–Crippen MR) is 198 cm³/mol. The SMILES string of the molecule is CCCCCCCCCCCCCCN(C(=O)Sc1ncnc2nc[nH]c12)c1cccc2c(O)c(C(=O)Nc3ccccc3OC)ccc12. The van der Waals surface area contributed by atoms with Crippen molar-refractivity contribution >= 4 is 56.2 Å². The van der Waals surface area contributed by atoms with E-state index in [1.807, 2.05) is 12.1 Å². The van der Waals surface area contributed by atoms with Crippen LogP contribution < -0.4 is 15.0 Å². The molecule has 49 heavy (non-hydrogen) atoms. The Kier molecular flexibility index (Phi) is 13.3. The number of aromatic amines is 1. The first kappa shape index (κ1) is 35.7. The Balaban J connectivity index is 1.31. The molecular weight excluding hydrogens is 637 g/mol. The van der Waals surface area contributed by atoms with E-state index < -0.39 is 5.91 Å².